The third-order valence-corrected chi connectivity index (χ3v) is 2.97. The summed E-state index contributed by atoms with van der Waals surface area (Å²) in [6, 6.07) is 0. The lowest BCUT2D eigenvalue weighted by molar-refractivity contribution is -0.151. The highest BCUT2D eigenvalue weighted by Gasteiger charge is 2.26. The number of rotatable bonds is 8. The molecule has 134 valence electrons. The van der Waals surface area contributed by atoms with Crippen molar-refractivity contribution < 1.29 is 41.0 Å². The normalized spacial score (nSPS) is 10.6. The quantitative estimate of drug-likeness (QED) is 0.236. The molecule has 0 aromatic heterocycles. The molecule has 0 aliphatic rings. The van der Waals surface area contributed by atoms with E-state index in [0.29, 0.717) is 6.42 Å². The Morgan fingerprint density at radius 2 is 1.25 bits per heavy atom. The zero-order chi connectivity index (χ0) is 18.3. The first kappa shape index (κ1) is 19.9. The summed E-state index contributed by atoms with van der Waals surface area (Å²) < 4.78 is 74.7. The van der Waals surface area contributed by atoms with Crippen LogP contribution in [0.4, 0.5) is 22.0 Å². The van der Waals surface area contributed by atoms with Crippen LogP contribution in [0.1, 0.15) is 38.2 Å². The van der Waals surface area contributed by atoms with E-state index in [2.05, 4.69) is 4.74 Å². The number of halogens is 5. The van der Waals surface area contributed by atoms with Crippen molar-refractivity contribution in [3.05, 3.63) is 34.6 Å². The maximum atomic E-state index is 13.4. The molecule has 0 atom stereocenters. The average Bonchev–Trinajstić information content (AvgIpc) is 2.56. The van der Waals surface area contributed by atoms with Gasteiger partial charge in [-0.25, -0.2) is 22.0 Å². The van der Waals surface area contributed by atoms with Crippen molar-refractivity contribution in [2.45, 2.75) is 39.2 Å². The summed E-state index contributed by atoms with van der Waals surface area (Å²) in [5.74, 6) is -12.4. The van der Waals surface area contributed by atoms with Gasteiger partial charge in [0, 0.05) is 0 Å². The van der Waals surface area contributed by atoms with Crippen LogP contribution in [-0.2, 0) is 25.7 Å². The summed E-state index contributed by atoms with van der Waals surface area (Å²) in [5.41, 5.74) is -1.26. The molecule has 0 radical (unpaired) electrons. The molecule has 4 nitrogen and oxygen atoms in total. The van der Waals surface area contributed by atoms with Gasteiger partial charge in [-0.3, -0.25) is 9.59 Å². The van der Waals surface area contributed by atoms with Crippen LogP contribution in [0.15, 0.2) is 0 Å². The summed E-state index contributed by atoms with van der Waals surface area (Å²) in [6.07, 6.45) is 0.716. The molecule has 1 aromatic carbocycles. The summed E-state index contributed by atoms with van der Waals surface area (Å²) in [4.78, 5) is 22.6. The minimum absolute atomic E-state index is 0.203. The number of hydrogen-bond acceptors (Lipinski definition) is 4. The Kier molecular flexibility index (Phi) is 7.60. The second kappa shape index (κ2) is 9.19. The lowest BCUT2D eigenvalue weighted by atomic mass is 10.2. The van der Waals surface area contributed by atoms with E-state index < -0.39 is 59.6 Å². The van der Waals surface area contributed by atoms with Crippen molar-refractivity contribution in [3.8, 4) is 0 Å². The monoisotopic (exact) mass is 354 g/mol. The van der Waals surface area contributed by atoms with Gasteiger partial charge in [0.25, 0.3) is 0 Å². The number of benzene rings is 1. The van der Waals surface area contributed by atoms with E-state index in [1.54, 1.807) is 0 Å². The Hall–Kier alpha value is -2.19. The van der Waals surface area contributed by atoms with Crippen LogP contribution in [0.25, 0.3) is 0 Å². The smallest absolute Gasteiger partial charge is 0.306 e. The van der Waals surface area contributed by atoms with Crippen LogP contribution in [0, 0.1) is 29.1 Å². The van der Waals surface area contributed by atoms with Crippen LogP contribution < -0.4 is 0 Å². The first-order valence-corrected chi connectivity index (χ1v) is 7.11. The fraction of sp³-hybridized carbons (Fsp3) is 0.467. The van der Waals surface area contributed by atoms with E-state index in [9.17, 15) is 31.5 Å². The molecule has 0 aliphatic carbocycles. The molecular formula is C15H15F5O4. The van der Waals surface area contributed by atoms with Crippen LogP contribution in [0.5, 0.6) is 0 Å². The van der Waals surface area contributed by atoms with Crippen molar-refractivity contribution in [1.82, 2.24) is 0 Å². The molecule has 1 aromatic rings. The van der Waals surface area contributed by atoms with Crippen LogP contribution in [-0.4, -0.2) is 18.5 Å². The fourth-order valence-electron chi connectivity index (χ4n) is 1.61. The topological polar surface area (TPSA) is 52.6 Å². The first-order chi connectivity index (χ1) is 11.3. The number of ether oxygens (including phenoxy) is 2. The van der Waals surface area contributed by atoms with Crippen molar-refractivity contribution in [3.63, 3.8) is 0 Å². The van der Waals surface area contributed by atoms with E-state index in [0.717, 1.165) is 6.42 Å². The predicted octanol–water partition coefficient (Wildman–Crippen LogP) is 3.55. The Labute approximate surface area is 134 Å². The Bertz CT molecular complexity index is 589. The highest BCUT2D eigenvalue weighted by molar-refractivity contribution is 5.77. The maximum Gasteiger partial charge on any atom is 0.306 e. The molecule has 0 amide bonds. The van der Waals surface area contributed by atoms with Gasteiger partial charge in [0.05, 0.1) is 25.0 Å². The molecule has 9 heteroatoms. The van der Waals surface area contributed by atoms with E-state index >= 15 is 0 Å². The number of unbranched alkanes of at least 4 members (excludes halogenated alkanes) is 1. The van der Waals surface area contributed by atoms with Gasteiger partial charge in [-0.1, -0.05) is 13.3 Å². The molecule has 0 bridgehead atoms. The minimum atomic E-state index is -2.30. The van der Waals surface area contributed by atoms with Gasteiger partial charge in [-0.2, -0.15) is 0 Å². The maximum absolute atomic E-state index is 13.4. The number of carbonyl (C=O) groups is 2. The van der Waals surface area contributed by atoms with Crippen molar-refractivity contribution in [2.75, 3.05) is 6.61 Å². The number of carbonyl (C=O) groups excluding carboxylic acids is 2. The Balaban J connectivity index is 2.55. The van der Waals surface area contributed by atoms with Gasteiger partial charge in [-0.15, -0.1) is 0 Å². The summed E-state index contributed by atoms with van der Waals surface area (Å²) in [7, 11) is 0. The van der Waals surface area contributed by atoms with Gasteiger partial charge in [0.15, 0.2) is 23.3 Å². The van der Waals surface area contributed by atoms with Crippen molar-refractivity contribution >= 4 is 11.9 Å². The summed E-state index contributed by atoms with van der Waals surface area (Å²) >= 11 is 0. The molecular weight excluding hydrogens is 339 g/mol. The van der Waals surface area contributed by atoms with E-state index in [4.69, 9.17) is 4.74 Å². The molecule has 1 rings (SSSR count). The largest absolute Gasteiger partial charge is 0.466 e. The molecule has 0 heterocycles. The Morgan fingerprint density at radius 1 is 0.792 bits per heavy atom. The van der Waals surface area contributed by atoms with Gasteiger partial charge >= 0.3 is 11.9 Å². The third kappa shape index (κ3) is 5.17. The standard InChI is InChI=1S/C15H15F5O4/c1-2-3-6-23-9(21)4-5-10(22)24-7-8-11(16)13(18)15(20)14(19)12(8)17/h2-7H2,1H3. The molecule has 0 spiro atoms. The van der Waals surface area contributed by atoms with E-state index in [1.165, 1.54) is 0 Å². The van der Waals surface area contributed by atoms with Crippen molar-refractivity contribution in [1.29, 1.82) is 0 Å². The molecule has 0 saturated heterocycles. The second-order valence-electron chi connectivity index (χ2n) is 4.78. The molecule has 0 aliphatic heterocycles. The number of hydrogen-bond donors (Lipinski definition) is 0. The highest BCUT2D eigenvalue weighted by Crippen LogP contribution is 2.23. The van der Waals surface area contributed by atoms with E-state index in [-0.39, 0.29) is 13.0 Å². The summed E-state index contributed by atoms with van der Waals surface area (Å²) in [5, 5.41) is 0. The molecule has 0 fully saturated rings. The Morgan fingerprint density at radius 3 is 1.75 bits per heavy atom. The molecule has 24 heavy (non-hydrogen) atoms. The van der Waals surface area contributed by atoms with Gasteiger partial charge in [0.1, 0.15) is 6.61 Å². The zero-order valence-corrected chi connectivity index (χ0v) is 12.8. The third-order valence-electron chi connectivity index (χ3n) is 2.97. The SMILES string of the molecule is CCCCOC(=O)CCC(=O)OCc1c(F)c(F)c(F)c(F)c1F. The lowest BCUT2D eigenvalue weighted by Gasteiger charge is -2.09. The van der Waals surface area contributed by atoms with Crippen LogP contribution >= 0.6 is 0 Å². The molecule has 0 unspecified atom stereocenters. The fourth-order valence-corrected chi connectivity index (χ4v) is 1.61. The lowest BCUT2D eigenvalue weighted by Crippen LogP contribution is -2.13. The van der Waals surface area contributed by atoms with Crippen LogP contribution in [0.3, 0.4) is 0 Å². The first-order valence-electron chi connectivity index (χ1n) is 7.11. The van der Waals surface area contributed by atoms with Crippen LogP contribution in [0.2, 0.25) is 0 Å². The van der Waals surface area contributed by atoms with E-state index in [1.807, 2.05) is 6.92 Å². The number of esters is 2. The highest BCUT2D eigenvalue weighted by atomic mass is 19.2. The minimum Gasteiger partial charge on any atom is -0.466 e. The average molecular weight is 354 g/mol. The van der Waals surface area contributed by atoms with Crippen molar-refractivity contribution in [2.24, 2.45) is 0 Å². The van der Waals surface area contributed by atoms with Gasteiger partial charge in [-0.05, 0) is 6.42 Å². The molecule has 0 saturated carbocycles. The zero-order valence-electron chi connectivity index (χ0n) is 12.8. The molecule has 0 N–H and O–H groups in total. The summed E-state index contributed by atoms with van der Waals surface area (Å²) in [6.45, 7) is 0.953. The predicted molar refractivity (Wildman–Crippen MR) is 71.1 cm³/mol. The van der Waals surface area contributed by atoms with Gasteiger partial charge in [0.2, 0.25) is 5.82 Å². The van der Waals surface area contributed by atoms with Gasteiger partial charge < -0.3 is 9.47 Å². The second-order valence-corrected chi connectivity index (χ2v) is 4.78.